The number of hydrogen-bond donors (Lipinski definition) is 3. The maximum Gasteiger partial charge on any atom is 0.407 e. The van der Waals surface area contributed by atoms with Gasteiger partial charge in [0.25, 0.3) is 5.91 Å². The van der Waals surface area contributed by atoms with E-state index in [9.17, 15) is 14.4 Å². The third kappa shape index (κ3) is 5.87. The van der Waals surface area contributed by atoms with Crippen molar-refractivity contribution < 1.29 is 28.8 Å². The summed E-state index contributed by atoms with van der Waals surface area (Å²) in [7, 11) is 0. The Bertz CT molecular complexity index is 1180. The van der Waals surface area contributed by atoms with E-state index in [0.717, 1.165) is 22.3 Å². The van der Waals surface area contributed by atoms with Gasteiger partial charge < -0.3 is 25.0 Å². The highest BCUT2D eigenvalue weighted by Crippen LogP contribution is 2.44. The smallest absolute Gasteiger partial charge is 0.407 e. The number of carboxylic acid groups (broad SMARTS) is 1. The first kappa shape index (κ1) is 24.0. The molecule has 2 aromatic carbocycles. The van der Waals surface area contributed by atoms with Crippen LogP contribution in [0.15, 0.2) is 59.1 Å². The number of amides is 2. The molecule has 9 heteroatoms. The lowest BCUT2D eigenvalue weighted by Gasteiger charge is -2.14. The molecule has 9 nitrogen and oxygen atoms in total. The van der Waals surface area contributed by atoms with Crippen molar-refractivity contribution in [3.63, 3.8) is 0 Å². The van der Waals surface area contributed by atoms with Crippen molar-refractivity contribution in [1.29, 1.82) is 0 Å². The van der Waals surface area contributed by atoms with E-state index in [1.54, 1.807) is 0 Å². The van der Waals surface area contributed by atoms with E-state index in [0.29, 0.717) is 18.7 Å². The normalized spacial score (nSPS) is 12.9. The molecule has 0 saturated carbocycles. The van der Waals surface area contributed by atoms with Gasteiger partial charge in [0.05, 0.1) is 6.54 Å². The number of carbonyl (C=O) groups excluding carboxylic acids is 2. The van der Waals surface area contributed by atoms with Crippen molar-refractivity contribution in [2.24, 2.45) is 5.92 Å². The minimum absolute atomic E-state index is 0.0204. The highest BCUT2D eigenvalue weighted by atomic mass is 16.5. The van der Waals surface area contributed by atoms with Crippen molar-refractivity contribution in [2.45, 2.75) is 32.2 Å². The minimum atomic E-state index is -0.867. The number of rotatable bonds is 10. The van der Waals surface area contributed by atoms with E-state index >= 15 is 0 Å². The fourth-order valence-electron chi connectivity index (χ4n) is 4.23. The topological polar surface area (TPSA) is 131 Å². The van der Waals surface area contributed by atoms with Crippen LogP contribution in [-0.4, -0.2) is 41.4 Å². The summed E-state index contributed by atoms with van der Waals surface area (Å²) in [5, 5.41) is 17.8. The van der Waals surface area contributed by atoms with E-state index in [1.807, 2.05) is 31.2 Å². The number of nitrogens with one attached hydrogen (secondary N) is 2. The van der Waals surface area contributed by atoms with Crippen LogP contribution >= 0.6 is 0 Å². The second kappa shape index (κ2) is 10.9. The fraction of sp³-hybridized carbons (Fsp3) is 0.308. The molecular weight excluding hydrogens is 450 g/mol. The molecule has 0 fully saturated rings. The van der Waals surface area contributed by atoms with Gasteiger partial charge in [-0.2, -0.15) is 0 Å². The Kier molecular flexibility index (Phi) is 7.45. The average molecular weight is 478 g/mol. The molecule has 1 aromatic heterocycles. The quantitative estimate of drug-likeness (QED) is 0.403. The zero-order chi connectivity index (χ0) is 24.8. The Morgan fingerprint density at radius 1 is 1.06 bits per heavy atom. The van der Waals surface area contributed by atoms with Crippen LogP contribution in [-0.2, 0) is 16.1 Å². The number of nitrogens with zero attached hydrogens (tertiary/aromatic N) is 1. The summed E-state index contributed by atoms with van der Waals surface area (Å²) < 4.78 is 10.6. The zero-order valence-electron chi connectivity index (χ0n) is 19.3. The summed E-state index contributed by atoms with van der Waals surface area (Å²) in [6, 6.07) is 17.6. The number of carboxylic acids is 1. The maximum absolute atomic E-state index is 12.3. The van der Waals surface area contributed by atoms with E-state index in [4.69, 9.17) is 14.4 Å². The van der Waals surface area contributed by atoms with E-state index in [1.165, 1.54) is 6.07 Å². The number of hydrogen-bond acceptors (Lipinski definition) is 6. The fourth-order valence-corrected chi connectivity index (χ4v) is 4.23. The lowest BCUT2D eigenvalue weighted by Crippen LogP contribution is -2.26. The zero-order valence-corrected chi connectivity index (χ0v) is 19.3. The second-order valence-corrected chi connectivity index (χ2v) is 8.61. The van der Waals surface area contributed by atoms with Crippen LogP contribution < -0.4 is 10.6 Å². The van der Waals surface area contributed by atoms with Gasteiger partial charge in [-0.3, -0.25) is 9.59 Å². The molecule has 1 atom stereocenters. The molecule has 0 spiro atoms. The molecule has 1 aliphatic carbocycles. The van der Waals surface area contributed by atoms with Gasteiger partial charge in [-0.25, -0.2) is 4.79 Å². The highest BCUT2D eigenvalue weighted by molar-refractivity contribution is 5.92. The van der Waals surface area contributed by atoms with Crippen molar-refractivity contribution >= 4 is 18.0 Å². The molecule has 0 radical (unpaired) electrons. The summed E-state index contributed by atoms with van der Waals surface area (Å²) in [4.78, 5) is 35.2. The highest BCUT2D eigenvalue weighted by Gasteiger charge is 2.29. The molecule has 0 aliphatic heterocycles. The third-order valence-corrected chi connectivity index (χ3v) is 5.99. The molecule has 182 valence electrons. The first-order valence-corrected chi connectivity index (χ1v) is 11.5. The van der Waals surface area contributed by atoms with Crippen molar-refractivity contribution in [1.82, 2.24) is 15.8 Å². The lowest BCUT2D eigenvalue weighted by atomic mass is 9.98. The standard InChI is InChI=1S/C26H27N3O6/c1-16(12-24(30)31)10-11-27-25(32)23-13-17(35-29-23)14-28-26(33)34-15-22-20-8-4-2-6-18(20)19-7-3-5-9-21(19)22/h2-9,13,16,22H,10-12,14-15H2,1H3,(H,27,32)(H,28,33)(H,30,31). The summed E-state index contributed by atoms with van der Waals surface area (Å²) in [6.07, 6.45) is -0.0147. The summed E-state index contributed by atoms with van der Waals surface area (Å²) in [5.74, 6) is -1.07. The number of ether oxygens (including phenoxy) is 1. The van der Waals surface area contributed by atoms with Gasteiger partial charge in [0.1, 0.15) is 6.61 Å². The van der Waals surface area contributed by atoms with Gasteiger partial charge in [-0.15, -0.1) is 0 Å². The van der Waals surface area contributed by atoms with Gasteiger partial charge >= 0.3 is 12.1 Å². The Labute approximate surface area is 202 Å². The Balaban J connectivity index is 1.24. The Morgan fingerprint density at radius 3 is 2.37 bits per heavy atom. The van der Waals surface area contributed by atoms with Gasteiger partial charge in [0.2, 0.25) is 0 Å². The van der Waals surface area contributed by atoms with Gasteiger partial charge in [-0.1, -0.05) is 60.6 Å². The predicted molar refractivity (Wildman–Crippen MR) is 127 cm³/mol. The van der Waals surface area contributed by atoms with Crippen LogP contribution in [0.2, 0.25) is 0 Å². The van der Waals surface area contributed by atoms with E-state index < -0.39 is 18.0 Å². The second-order valence-electron chi connectivity index (χ2n) is 8.61. The molecule has 0 bridgehead atoms. The lowest BCUT2D eigenvalue weighted by molar-refractivity contribution is -0.138. The molecule has 4 rings (SSSR count). The maximum atomic E-state index is 12.3. The summed E-state index contributed by atoms with van der Waals surface area (Å²) in [6.45, 7) is 2.35. The number of alkyl carbamates (subject to hydrolysis) is 1. The molecule has 35 heavy (non-hydrogen) atoms. The summed E-state index contributed by atoms with van der Waals surface area (Å²) >= 11 is 0. The van der Waals surface area contributed by atoms with Crippen LogP contribution in [0.25, 0.3) is 11.1 Å². The van der Waals surface area contributed by atoms with E-state index in [-0.39, 0.29) is 37.1 Å². The predicted octanol–water partition coefficient (Wildman–Crippen LogP) is 3.94. The molecule has 1 unspecified atom stereocenters. The van der Waals surface area contributed by atoms with Crippen LogP contribution in [0.3, 0.4) is 0 Å². The van der Waals surface area contributed by atoms with E-state index in [2.05, 4.69) is 40.1 Å². The van der Waals surface area contributed by atoms with Crippen molar-refractivity contribution in [3.05, 3.63) is 77.2 Å². The molecule has 3 aromatic rings. The molecule has 1 aliphatic rings. The molecular formula is C26H27N3O6. The first-order chi connectivity index (χ1) is 16.9. The Morgan fingerprint density at radius 2 is 1.71 bits per heavy atom. The molecule has 1 heterocycles. The SMILES string of the molecule is CC(CCNC(=O)c1cc(CNC(=O)OCC2c3ccccc3-c3ccccc32)on1)CC(=O)O. The summed E-state index contributed by atoms with van der Waals surface area (Å²) in [5.41, 5.74) is 4.65. The van der Waals surface area contributed by atoms with Gasteiger partial charge in [-0.05, 0) is 34.6 Å². The third-order valence-electron chi connectivity index (χ3n) is 5.99. The molecule has 0 saturated heterocycles. The average Bonchev–Trinajstić information content (AvgIpc) is 3.44. The monoisotopic (exact) mass is 477 g/mol. The van der Waals surface area contributed by atoms with Crippen molar-refractivity contribution in [3.8, 4) is 11.1 Å². The molecule has 3 N–H and O–H groups in total. The van der Waals surface area contributed by atoms with Crippen LogP contribution in [0.1, 0.15) is 53.1 Å². The van der Waals surface area contributed by atoms with Crippen molar-refractivity contribution in [2.75, 3.05) is 13.2 Å². The minimum Gasteiger partial charge on any atom is -0.481 e. The number of aliphatic carboxylic acids is 1. The van der Waals surface area contributed by atoms with Crippen LogP contribution in [0.5, 0.6) is 0 Å². The number of carbonyl (C=O) groups is 3. The van der Waals surface area contributed by atoms with Gasteiger partial charge in [0, 0.05) is 24.9 Å². The first-order valence-electron chi connectivity index (χ1n) is 11.5. The number of aromatic nitrogens is 1. The number of fused-ring (bicyclic) bond motifs is 3. The Hall–Kier alpha value is -4.14. The van der Waals surface area contributed by atoms with Crippen LogP contribution in [0, 0.1) is 5.92 Å². The number of benzene rings is 2. The largest absolute Gasteiger partial charge is 0.481 e. The van der Waals surface area contributed by atoms with Crippen LogP contribution in [0.4, 0.5) is 4.79 Å². The molecule has 2 amide bonds. The van der Waals surface area contributed by atoms with Gasteiger partial charge in [0.15, 0.2) is 11.5 Å².